The number of aliphatic imine (C=N–C) groups is 1. The smallest absolute Gasteiger partial charge is 0.194 e. The quantitative estimate of drug-likeness (QED) is 0.433. The molecule has 0 unspecified atom stereocenters. The van der Waals surface area contributed by atoms with Crippen molar-refractivity contribution >= 4 is 22.3 Å². The summed E-state index contributed by atoms with van der Waals surface area (Å²) in [5.41, 5.74) is 1.00. The Kier molecular flexibility index (Phi) is 7.28. The van der Waals surface area contributed by atoms with Crippen LogP contribution in [-0.4, -0.2) is 66.3 Å². The van der Waals surface area contributed by atoms with Crippen molar-refractivity contribution in [3.05, 3.63) is 23.5 Å². The lowest BCUT2D eigenvalue weighted by Crippen LogP contribution is -2.47. The van der Waals surface area contributed by atoms with Crippen LogP contribution >= 0.6 is 11.3 Å². The molecule has 0 atom stereocenters. The van der Waals surface area contributed by atoms with Gasteiger partial charge in [0.15, 0.2) is 10.9 Å². The molecule has 1 fully saturated rings. The Balaban J connectivity index is 1.50. The average Bonchev–Trinajstić information content (AvgIpc) is 3.25. The number of nitrogens with one attached hydrogen (secondary N) is 1. The van der Waals surface area contributed by atoms with Crippen LogP contribution in [0.3, 0.4) is 0 Å². The van der Waals surface area contributed by atoms with Crippen molar-refractivity contribution in [1.82, 2.24) is 19.6 Å². The van der Waals surface area contributed by atoms with E-state index >= 15 is 0 Å². The number of guanidine groups is 1. The molecule has 1 aliphatic rings. The van der Waals surface area contributed by atoms with Gasteiger partial charge in [0, 0.05) is 57.7 Å². The molecule has 0 bridgehead atoms. The van der Waals surface area contributed by atoms with Crippen LogP contribution in [0.2, 0.25) is 0 Å². The van der Waals surface area contributed by atoms with Crippen LogP contribution in [0.25, 0.3) is 4.96 Å². The van der Waals surface area contributed by atoms with E-state index in [9.17, 15) is 0 Å². The van der Waals surface area contributed by atoms with Crippen LogP contribution < -0.4 is 5.32 Å². The third-order valence-corrected chi connectivity index (χ3v) is 5.23. The van der Waals surface area contributed by atoms with Gasteiger partial charge in [0.25, 0.3) is 0 Å². The highest BCUT2D eigenvalue weighted by atomic mass is 32.1. The lowest BCUT2D eigenvalue weighted by atomic mass is 10.1. The predicted octanol–water partition coefficient (Wildman–Crippen LogP) is 2.38. The highest BCUT2D eigenvalue weighted by molar-refractivity contribution is 7.15. The molecule has 0 spiro atoms. The van der Waals surface area contributed by atoms with Gasteiger partial charge in [-0.25, -0.2) is 9.98 Å². The third-order valence-electron chi connectivity index (χ3n) is 4.46. The van der Waals surface area contributed by atoms with E-state index in [0.29, 0.717) is 12.6 Å². The van der Waals surface area contributed by atoms with Crippen molar-refractivity contribution in [2.45, 2.75) is 38.8 Å². The highest BCUT2D eigenvalue weighted by Gasteiger charge is 2.21. The van der Waals surface area contributed by atoms with E-state index in [1.807, 2.05) is 11.6 Å². The second kappa shape index (κ2) is 9.89. The molecule has 0 saturated carbocycles. The van der Waals surface area contributed by atoms with E-state index in [0.717, 1.165) is 68.7 Å². The molecular weight excluding hydrogens is 350 g/mol. The van der Waals surface area contributed by atoms with E-state index in [4.69, 9.17) is 14.5 Å². The van der Waals surface area contributed by atoms with Gasteiger partial charge in [0.2, 0.25) is 0 Å². The van der Waals surface area contributed by atoms with E-state index in [1.165, 1.54) is 0 Å². The third kappa shape index (κ3) is 5.18. The molecule has 3 heterocycles. The molecule has 2 aromatic heterocycles. The summed E-state index contributed by atoms with van der Waals surface area (Å²) in [6.45, 7) is 7.06. The molecule has 26 heavy (non-hydrogen) atoms. The van der Waals surface area contributed by atoms with Crippen LogP contribution in [0.1, 0.15) is 31.9 Å². The van der Waals surface area contributed by atoms with Gasteiger partial charge in [0.1, 0.15) is 0 Å². The second-order valence-corrected chi connectivity index (χ2v) is 7.27. The summed E-state index contributed by atoms with van der Waals surface area (Å²) < 4.78 is 13.1. The van der Waals surface area contributed by atoms with E-state index < -0.39 is 0 Å². The van der Waals surface area contributed by atoms with Gasteiger partial charge in [-0.05, 0) is 26.2 Å². The number of aromatic nitrogens is 2. The Labute approximate surface area is 159 Å². The van der Waals surface area contributed by atoms with Gasteiger partial charge >= 0.3 is 0 Å². The minimum absolute atomic E-state index is 0.353. The Morgan fingerprint density at radius 2 is 2.23 bits per heavy atom. The first-order chi connectivity index (χ1) is 12.8. The van der Waals surface area contributed by atoms with Gasteiger partial charge < -0.3 is 19.7 Å². The molecule has 1 aliphatic heterocycles. The number of nitrogens with zero attached hydrogens (tertiary/aromatic N) is 4. The minimum Gasteiger partial charge on any atom is -0.385 e. The van der Waals surface area contributed by atoms with Gasteiger partial charge in [-0.3, -0.25) is 4.40 Å². The normalized spacial score (nSPS) is 16.5. The van der Waals surface area contributed by atoms with Gasteiger partial charge in [-0.15, -0.1) is 11.3 Å². The number of hydrogen-bond acceptors (Lipinski definition) is 5. The molecular formula is C18H29N5O2S. The van der Waals surface area contributed by atoms with E-state index in [-0.39, 0.29) is 0 Å². The molecule has 2 aromatic rings. The molecule has 0 aliphatic carbocycles. The molecule has 8 heteroatoms. The fourth-order valence-electron chi connectivity index (χ4n) is 3.12. The van der Waals surface area contributed by atoms with Gasteiger partial charge in [-0.2, -0.15) is 0 Å². The molecule has 7 nitrogen and oxygen atoms in total. The van der Waals surface area contributed by atoms with Crippen molar-refractivity contribution in [2.75, 3.05) is 40.0 Å². The summed E-state index contributed by atoms with van der Waals surface area (Å²) in [6, 6.07) is 0. The number of hydrogen-bond donors (Lipinski definition) is 1. The fraction of sp³-hybridized carbons (Fsp3) is 0.667. The number of fused-ring (bicyclic) bond motifs is 1. The van der Waals surface area contributed by atoms with Crippen LogP contribution in [0, 0.1) is 0 Å². The summed E-state index contributed by atoms with van der Waals surface area (Å²) in [5, 5.41) is 5.45. The zero-order valence-corrected chi connectivity index (χ0v) is 16.5. The number of piperidine rings is 1. The Hall–Kier alpha value is -1.64. The minimum atomic E-state index is 0.353. The zero-order valence-electron chi connectivity index (χ0n) is 15.7. The maximum absolute atomic E-state index is 5.95. The SMILES string of the molecule is CCNC(=NCc1cn2ccsc2n1)N1CCC(OCCCOC)CC1. The zero-order chi connectivity index (χ0) is 18.2. The molecule has 3 rings (SSSR count). The Morgan fingerprint density at radius 3 is 2.96 bits per heavy atom. The van der Waals surface area contributed by atoms with Crippen LogP contribution in [0.5, 0.6) is 0 Å². The first-order valence-corrected chi connectivity index (χ1v) is 10.2. The molecule has 0 radical (unpaired) electrons. The predicted molar refractivity (Wildman–Crippen MR) is 105 cm³/mol. The number of rotatable bonds is 8. The molecule has 0 amide bonds. The summed E-state index contributed by atoms with van der Waals surface area (Å²) in [7, 11) is 1.73. The Bertz CT molecular complexity index is 662. The molecule has 144 valence electrons. The number of imidazole rings is 1. The van der Waals surface area contributed by atoms with Crippen molar-refractivity contribution in [2.24, 2.45) is 4.99 Å². The number of likely N-dealkylation sites (tertiary alicyclic amines) is 1. The lowest BCUT2D eigenvalue weighted by molar-refractivity contribution is 0.00990. The first-order valence-electron chi connectivity index (χ1n) is 9.35. The fourth-order valence-corrected chi connectivity index (χ4v) is 3.84. The van der Waals surface area contributed by atoms with Crippen molar-refractivity contribution in [3.8, 4) is 0 Å². The van der Waals surface area contributed by atoms with Crippen LogP contribution in [0.15, 0.2) is 22.8 Å². The number of thiazole rings is 1. The Morgan fingerprint density at radius 1 is 1.38 bits per heavy atom. The largest absolute Gasteiger partial charge is 0.385 e. The van der Waals surface area contributed by atoms with E-state index in [2.05, 4.69) is 32.7 Å². The number of ether oxygens (including phenoxy) is 2. The van der Waals surface area contributed by atoms with Crippen LogP contribution in [0.4, 0.5) is 0 Å². The number of methoxy groups -OCH3 is 1. The van der Waals surface area contributed by atoms with Gasteiger partial charge in [-0.1, -0.05) is 0 Å². The van der Waals surface area contributed by atoms with Crippen molar-refractivity contribution < 1.29 is 9.47 Å². The van der Waals surface area contributed by atoms with E-state index in [1.54, 1.807) is 18.4 Å². The molecule has 0 aromatic carbocycles. The standard InChI is InChI=1S/C18H29N5O2S/c1-3-19-17(20-13-15-14-23-9-12-26-18(23)21-15)22-7-5-16(6-8-22)25-11-4-10-24-2/h9,12,14,16H,3-8,10-11,13H2,1-2H3,(H,19,20). The molecule has 1 saturated heterocycles. The summed E-state index contributed by atoms with van der Waals surface area (Å²) >= 11 is 1.65. The lowest BCUT2D eigenvalue weighted by Gasteiger charge is -2.34. The highest BCUT2D eigenvalue weighted by Crippen LogP contribution is 2.15. The summed E-state index contributed by atoms with van der Waals surface area (Å²) in [6.07, 6.45) is 7.48. The maximum Gasteiger partial charge on any atom is 0.194 e. The second-order valence-electron chi connectivity index (χ2n) is 6.40. The maximum atomic E-state index is 5.95. The molecule has 1 N–H and O–H groups in total. The monoisotopic (exact) mass is 379 g/mol. The summed E-state index contributed by atoms with van der Waals surface area (Å²) in [5.74, 6) is 0.974. The van der Waals surface area contributed by atoms with Crippen LogP contribution in [-0.2, 0) is 16.0 Å². The van der Waals surface area contributed by atoms with Gasteiger partial charge in [0.05, 0.1) is 18.3 Å². The van der Waals surface area contributed by atoms with Crippen molar-refractivity contribution in [3.63, 3.8) is 0 Å². The van der Waals surface area contributed by atoms with Crippen molar-refractivity contribution in [1.29, 1.82) is 0 Å². The topological polar surface area (TPSA) is 63.4 Å². The summed E-state index contributed by atoms with van der Waals surface area (Å²) in [4.78, 5) is 12.8. The first kappa shape index (κ1) is 19.1. The average molecular weight is 380 g/mol.